The number of phenolic OH excluding ortho intramolecular Hbond substituents is 4. The molecule has 0 bridgehead atoms. The van der Waals surface area contributed by atoms with Crippen LogP contribution >= 0.6 is 0 Å². The van der Waals surface area contributed by atoms with Crippen molar-refractivity contribution in [3.8, 4) is 23.0 Å². The van der Waals surface area contributed by atoms with Crippen molar-refractivity contribution in [2.45, 2.75) is 283 Å². The average molecular weight is 1300 g/mol. The maximum absolute atomic E-state index is 15.8. The molecule has 4 aromatic rings. The molecule has 0 aliphatic rings. The Morgan fingerprint density at radius 2 is 0.519 bits per heavy atom. The van der Waals surface area contributed by atoms with Gasteiger partial charge in [0.2, 0.25) is 0 Å². The second-order valence-corrected chi connectivity index (χ2v) is 39.7. The van der Waals surface area contributed by atoms with Crippen molar-refractivity contribution in [3.63, 3.8) is 0 Å². The summed E-state index contributed by atoms with van der Waals surface area (Å²) in [5, 5.41) is 47.4. The van der Waals surface area contributed by atoms with E-state index >= 15 is 15.5 Å². The van der Waals surface area contributed by atoms with E-state index in [-0.39, 0.29) is 93.1 Å². The molecule has 0 spiro atoms. The number of aryl methyl sites for hydroxylation is 4. The van der Waals surface area contributed by atoms with Gasteiger partial charge in [-0.2, -0.15) is 0 Å². The zero-order valence-electron chi connectivity index (χ0n) is 54.5. The van der Waals surface area contributed by atoms with Crippen LogP contribution in [-0.4, -0.2) is 20.4 Å². The predicted molar refractivity (Wildman–Crippen MR) is 321 cm³/mol. The SMILES string of the molecule is C[CH]([CH]([CH]([CH2][Co](=[O])[CH2]Cc1cc(C(C)(C)C)c(O)c(C(C)(C)C)c1)[Co](=[O])[CH2]Cc1cc(C(C)(C)C)c(O)c(C(C)(C)C)c1)[Co](=[O])[CH2]Cc1cc(C(C)(C)C)c(O)c(C(C)(C)C)c1)[Co](=[O])[CH2]Cc1cc(C(C)(C)C)c(O)c(C(C)(C)C)c1. The fraction of sp³-hybridized carbons (Fsp3) is 0.652. The Morgan fingerprint density at radius 1 is 0.321 bits per heavy atom. The van der Waals surface area contributed by atoms with Gasteiger partial charge < -0.3 is 0 Å². The van der Waals surface area contributed by atoms with Crippen LogP contribution in [0.15, 0.2) is 48.5 Å². The molecule has 468 valence electrons. The molecule has 4 N–H and O–H groups in total. The molecule has 3 atom stereocenters. The third-order valence-electron chi connectivity index (χ3n) is 15.2. The Morgan fingerprint density at radius 3 is 0.741 bits per heavy atom. The number of hydrogen-bond donors (Lipinski definition) is 4. The Labute approximate surface area is 508 Å². The zero-order valence-corrected chi connectivity index (χ0v) is 58.6. The second-order valence-electron chi connectivity index (χ2n) is 30.8. The van der Waals surface area contributed by atoms with Crippen LogP contribution in [-0.2, 0) is 139 Å². The normalized spacial score (nSPS) is 15.3. The van der Waals surface area contributed by atoms with Crippen molar-refractivity contribution >= 4 is 0 Å². The topological polar surface area (TPSA) is 149 Å². The third kappa shape index (κ3) is 18.7. The van der Waals surface area contributed by atoms with E-state index in [0.29, 0.717) is 25.7 Å². The van der Waals surface area contributed by atoms with Gasteiger partial charge in [-0.15, -0.1) is 0 Å². The standard InChI is InChI=1S/4C16H25O.C5H8.4Co.4O/c4*1-8-11-9-12(15(2,3)4)14(17)13(10-11)16(5,6)7;1-3-5-4-2;;;;;;;;/h4*9-10,17H,1,8H2,2-7H3;3-5H,1H2,2H3;;;;;;;;. The average Bonchev–Trinajstić information content (AvgIpc) is 3.28. The summed E-state index contributed by atoms with van der Waals surface area (Å²) in [7, 11) is 0. The molecule has 0 heterocycles. The molecule has 0 saturated carbocycles. The summed E-state index contributed by atoms with van der Waals surface area (Å²) in [6.07, 6.45) is 1.71. The molecule has 8 nitrogen and oxygen atoms in total. The summed E-state index contributed by atoms with van der Waals surface area (Å²) in [6.45, 7) is 51.6. The summed E-state index contributed by atoms with van der Waals surface area (Å²) < 4.78 is 61.9. The summed E-state index contributed by atoms with van der Waals surface area (Å²) in [4.78, 5) is -2.30. The Hall–Kier alpha value is -2.69. The molecule has 3 unspecified atom stereocenters. The molecule has 0 radical (unpaired) electrons. The first-order chi connectivity index (χ1) is 36.5. The fourth-order valence-corrected chi connectivity index (χ4v) is 20.7. The first kappa shape index (κ1) is 70.8. The van der Waals surface area contributed by atoms with Gasteiger partial charge in [-0.3, -0.25) is 0 Å². The van der Waals surface area contributed by atoms with Crippen LogP contribution < -0.4 is 0 Å². The zero-order chi connectivity index (χ0) is 62.3. The van der Waals surface area contributed by atoms with Gasteiger partial charge in [-0.05, 0) is 0 Å². The summed E-state index contributed by atoms with van der Waals surface area (Å²) in [5.41, 5.74) is 7.32. The number of rotatable bonds is 19. The molecule has 0 fully saturated rings. The van der Waals surface area contributed by atoms with E-state index in [1.54, 1.807) is 0 Å². The molecule has 0 aliphatic carbocycles. The predicted octanol–water partition coefficient (Wildman–Crippen LogP) is 19.5. The van der Waals surface area contributed by atoms with Crippen LogP contribution in [0.1, 0.15) is 240 Å². The molecule has 0 saturated heterocycles. The van der Waals surface area contributed by atoms with Crippen molar-refractivity contribution in [2.24, 2.45) is 0 Å². The van der Waals surface area contributed by atoms with Crippen LogP contribution in [0, 0.1) is 0 Å². The summed E-state index contributed by atoms with van der Waals surface area (Å²) in [6, 6.07) is 16.2. The molecule has 81 heavy (non-hydrogen) atoms. The monoisotopic (exact) mass is 1300 g/mol. The molecule has 4 rings (SSSR count). The summed E-state index contributed by atoms with van der Waals surface area (Å²) in [5.74, 6) is 1.08. The van der Waals surface area contributed by atoms with Gasteiger partial charge >= 0.3 is 512 Å². The van der Waals surface area contributed by atoms with E-state index in [2.05, 4.69) is 166 Å². The van der Waals surface area contributed by atoms with Crippen LogP contribution in [0.25, 0.3) is 0 Å². The molecular formula is C69H108Co4O8. The van der Waals surface area contributed by atoms with Crippen LogP contribution in [0.4, 0.5) is 0 Å². The van der Waals surface area contributed by atoms with Crippen molar-refractivity contribution in [2.75, 3.05) is 0 Å². The molecule has 4 aromatic carbocycles. The fourth-order valence-electron chi connectivity index (χ4n) is 10.2. The van der Waals surface area contributed by atoms with Crippen LogP contribution in [0.2, 0.25) is 41.3 Å². The van der Waals surface area contributed by atoms with Gasteiger partial charge in [0.1, 0.15) is 0 Å². The molecule has 0 aliphatic heterocycles. The maximum atomic E-state index is 15.8. The van der Waals surface area contributed by atoms with Gasteiger partial charge in [0.25, 0.3) is 0 Å². The Kier molecular flexibility index (Phi) is 22.8. The number of phenols is 4. The van der Waals surface area contributed by atoms with E-state index in [9.17, 15) is 20.4 Å². The van der Waals surface area contributed by atoms with Gasteiger partial charge in [0.05, 0.1) is 0 Å². The van der Waals surface area contributed by atoms with Crippen molar-refractivity contribution in [1.29, 1.82) is 0 Å². The Bertz CT molecular complexity index is 2820. The summed E-state index contributed by atoms with van der Waals surface area (Å²) >= 11 is -8.48. The molecule has 0 aromatic heterocycles. The van der Waals surface area contributed by atoms with Gasteiger partial charge in [0.15, 0.2) is 0 Å². The number of aromatic hydroxyl groups is 4. The van der Waals surface area contributed by atoms with Crippen molar-refractivity contribution in [1.82, 2.24) is 0 Å². The van der Waals surface area contributed by atoms with E-state index in [4.69, 9.17) is 0 Å². The van der Waals surface area contributed by atoms with Gasteiger partial charge in [0, 0.05) is 0 Å². The first-order valence-corrected chi connectivity index (χ1v) is 36.1. The van der Waals surface area contributed by atoms with E-state index in [0.717, 1.165) is 66.8 Å². The van der Waals surface area contributed by atoms with E-state index in [1.807, 2.05) is 55.5 Å². The van der Waals surface area contributed by atoms with E-state index < -0.39 is 68.9 Å². The molecular weight excluding hydrogens is 1190 g/mol. The number of benzene rings is 4. The van der Waals surface area contributed by atoms with Gasteiger partial charge in [-0.1, -0.05) is 0 Å². The number of hydrogen-bond acceptors (Lipinski definition) is 8. The van der Waals surface area contributed by atoms with Crippen LogP contribution in [0.3, 0.4) is 0 Å². The minimum atomic E-state index is -2.21. The van der Waals surface area contributed by atoms with Crippen LogP contribution in [0.5, 0.6) is 23.0 Å². The quantitative estimate of drug-likeness (QED) is 0.0725. The second kappa shape index (κ2) is 26.1. The van der Waals surface area contributed by atoms with Gasteiger partial charge in [-0.25, -0.2) is 0 Å². The third-order valence-corrected chi connectivity index (χ3v) is 24.6. The molecule has 12 heteroatoms. The minimum absolute atomic E-state index is 0.0370. The Balaban J connectivity index is 1.93. The van der Waals surface area contributed by atoms with Crippen molar-refractivity contribution < 1.29 is 90.2 Å². The van der Waals surface area contributed by atoms with Crippen molar-refractivity contribution in [3.05, 3.63) is 115 Å². The van der Waals surface area contributed by atoms with E-state index in [1.165, 1.54) is 0 Å². The first-order valence-electron chi connectivity index (χ1n) is 28.9. The molecule has 0 amide bonds.